The number of aliphatic hydroxyl groups excluding tert-OH is 1. The molecule has 4 nitrogen and oxygen atoms in total. The van der Waals surface area contributed by atoms with Gasteiger partial charge in [0.05, 0.1) is 6.61 Å². The first-order valence-corrected chi connectivity index (χ1v) is 10.4. The summed E-state index contributed by atoms with van der Waals surface area (Å²) in [5.41, 5.74) is 4.97. The number of aryl methyl sites for hydroxylation is 1. The fraction of sp³-hybridized carbons (Fsp3) is 0.458. The molecular weight excluding hydrogens is 348 g/mol. The molecule has 2 fully saturated rings. The Hall–Kier alpha value is -2.17. The van der Waals surface area contributed by atoms with Crippen molar-refractivity contribution in [2.75, 3.05) is 26.2 Å². The molecule has 0 bridgehead atoms. The molecule has 1 N–H and O–H groups in total. The van der Waals surface area contributed by atoms with Crippen LogP contribution in [-0.4, -0.2) is 59.1 Å². The van der Waals surface area contributed by atoms with Gasteiger partial charge in [0, 0.05) is 38.0 Å². The van der Waals surface area contributed by atoms with Crippen LogP contribution in [0, 0.1) is 6.92 Å². The normalized spacial score (nSPS) is 25.4. The Morgan fingerprint density at radius 1 is 1.07 bits per heavy atom. The van der Waals surface area contributed by atoms with Crippen molar-refractivity contribution in [3.05, 3.63) is 59.7 Å². The molecule has 0 spiro atoms. The molecule has 0 aliphatic carbocycles. The highest BCUT2D eigenvalue weighted by atomic mass is 16.3. The maximum Gasteiger partial charge on any atom is 0.219 e. The van der Waals surface area contributed by atoms with Crippen molar-refractivity contribution in [1.82, 2.24) is 9.80 Å². The van der Waals surface area contributed by atoms with Crippen molar-refractivity contribution >= 4 is 5.91 Å². The van der Waals surface area contributed by atoms with E-state index >= 15 is 0 Å². The van der Waals surface area contributed by atoms with E-state index < -0.39 is 0 Å². The molecule has 0 aromatic heterocycles. The van der Waals surface area contributed by atoms with Crippen LogP contribution in [0.1, 0.15) is 36.8 Å². The van der Waals surface area contributed by atoms with Gasteiger partial charge < -0.3 is 10.0 Å². The molecule has 3 atom stereocenters. The average molecular weight is 379 g/mol. The quantitative estimate of drug-likeness (QED) is 0.890. The molecule has 1 amide bonds. The highest BCUT2D eigenvalue weighted by molar-refractivity contribution is 5.73. The number of hydrogen-bond acceptors (Lipinski definition) is 3. The van der Waals surface area contributed by atoms with Crippen molar-refractivity contribution < 1.29 is 9.90 Å². The molecule has 1 unspecified atom stereocenters. The first-order valence-electron chi connectivity index (χ1n) is 10.4. The summed E-state index contributed by atoms with van der Waals surface area (Å²) in [4.78, 5) is 16.4. The highest BCUT2D eigenvalue weighted by Crippen LogP contribution is 2.42. The third-order valence-electron chi connectivity index (χ3n) is 6.46. The van der Waals surface area contributed by atoms with Gasteiger partial charge in [-0.25, -0.2) is 0 Å². The molecule has 148 valence electrons. The smallest absolute Gasteiger partial charge is 0.219 e. The summed E-state index contributed by atoms with van der Waals surface area (Å²) in [6.45, 7) is 6.57. The van der Waals surface area contributed by atoms with Gasteiger partial charge in [0.25, 0.3) is 0 Å². The van der Waals surface area contributed by atoms with Gasteiger partial charge in [0.15, 0.2) is 0 Å². The largest absolute Gasteiger partial charge is 0.395 e. The first kappa shape index (κ1) is 19.2. The van der Waals surface area contributed by atoms with E-state index in [1.165, 1.54) is 22.3 Å². The van der Waals surface area contributed by atoms with E-state index in [-0.39, 0.29) is 24.5 Å². The van der Waals surface area contributed by atoms with Gasteiger partial charge in [-0.3, -0.25) is 9.69 Å². The van der Waals surface area contributed by atoms with Crippen molar-refractivity contribution in [1.29, 1.82) is 0 Å². The fourth-order valence-corrected chi connectivity index (χ4v) is 4.95. The zero-order chi connectivity index (χ0) is 19.7. The van der Waals surface area contributed by atoms with Gasteiger partial charge in [-0.2, -0.15) is 0 Å². The van der Waals surface area contributed by atoms with Crippen molar-refractivity contribution in [3.8, 4) is 11.1 Å². The molecule has 0 saturated carbocycles. The number of aliphatic hydroxyl groups is 1. The molecule has 2 aliphatic heterocycles. The summed E-state index contributed by atoms with van der Waals surface area (Å²) in [7, 11) is 0. The van der Waals surface area contributed by atoms with Gasteiger partial charge in [0.2, 0.25) is 5.91 Å². The van der Waals surface area contributed by atoms with Crippen LogP contribution >= 0.6 is 0 Å². The maximum absolute atomic E-state index is 12.0. The molecule has 4 rings (SSSR count). The Balaban J connectivity index is 1.58. The number of amides is 1. The number of benzene rings is 2. The third kappa shape index (κ3) is 3.59. The maximum atomic E-state index is 12.0. The zero-order valence-electron chi connectivity index (χ0n) is 16.8. The van der Waals surface area contributed by atoms with E-state index in [1.807, 2.05) is 4.90 Å². The Kier molecular flexibility index (Phi) is 5.51. The molecule has 2 heterocycles. The monoisotopic (exact) mass is 378 g/mol. The SMILES string of the molecule is CC(=O)N1CCCCN2[C@H](CO)C(c3ccc(-c4cccc(C)c4)cc3)[C@@H]2C1. The minimum absolute atomic E-state index is 0.154. The molecule has 0 radical (unpaired) electrons. The topological polar surface area (TPSA) is 43.8 Å². The number of nitrogens with zero attached hydrogens (tertiary/aromatic N) is 2. The lowest BCUT2D eigenvalue weighted by Gasteiger charge is -2.57. The number of fused-ring (bicyclic) bond motifs is 1. The van der Waals surface area contributed by atoms with Crippen molar-refractivity contribution in [2.45, 2.75) is 44.7 Å². The van der Waals surface area contributed by atoms with Crippen LogP contribution in [0.3, 0.4) is 0 Å². The molecule has 4 heteroatoms. The van der Waals surface area contributed by atoms with Crippen molar-refractivity contribution in [2.24, 2.45) is 0 Å². The summed E-state index contributed by atoms with van der Waals surface area (Å²) in [6.07, 6.45) is 2.12. The molecule has 2 aliphatic rings. The first-order chi connectivity index (χ1) is 13.6. The second-order valence-corrected chi connectivity index (χ2v) is 8.24. The average Bonchev–Trinajstić information content (AvgIpc) is 2.67. The zero-order valence-corrected chi connectivity index (χ0v) is 16.8. The third-order valence-corrected chi connectivity index (χ3v) is 6.46. The minimum atomic E-state index is 0.154. The Morgan fingerprint density at radius 3 is 2.50 bits per heavy atom. The summed E-state index contributed by atoms with van der Waals surface area (Å²) < 4.78 is 0. The van der Waals surface area contributed by atoms with E-state index in [1.54, 1.807) is 6.92 Å². The number of hydrogen-bond donors (Lipinski definition) is 1. The van der Waals surface area contributed by atoms with E-state index in [4.69, 9.17) is 0 Å². The standard InChI is InChI=1S/C24H30N2O2/c1-17-6-5-7-21(14-17)19-8-10-20(11-9-19)24-22-15-25(18(2)28)12-3-4-13-26(22)23(24)16-27/h5-11,14,22-24,27H,3-4,12-13,15-16H2,1-2H3/t22-,23+,24?/m0/s1. The van der Waals surface area contributed by atoms with Crippen LogP contribution in [0.5, 0.6) is 0 Å². The predicted octanol–water partition coefficient (Wildman–Crippen LogP) is 3.43. The molecule has 28 heavy (non-hydrogen) atoms. The number of rotatable bonds is 3. The Bertz CT molecular complexity index is 833. The van der Waals surface area contributed by atoms with Gasteiger partial charge in [-0.15, -0.1) is 0 Å². The van der Waals surface area contributed by atoms with Gasteiger partial charge >= 0.3 is 0 Å². The van der Waals surface area contributed by atoms with Crippen molar-refractivity contribution in [3.63, 3.8) is 0 Å². The van der Waals surface area contributed by atoms with E-state index in [9.17, 15) is 9.90 Å². The van der Waals surface area contributed by atoms with Gasteiger partial charge in [-0.05, 0) is 43.0 Å². The lowest BCUT2D eigenvalue weighted by atomic mass is 9.74. The van der Waals surface area contributed by atoms with E-state index in [0.717, 1.165) is 32.5 Å². The molecule has 2 saturated heterocycles. The Labute approximate surface area is 167 Å². The highest BCUT2D eigenvalue weighted by Gasteiger charge is 2.49. The van der Waals surface area contributed by atoms with Crippen LogP contribution in [-0.2, 0) is 4.79 Å². The molecule has 2 aromatic rings. The van der Waals surface area contributed by atoms with Crippen LogP contribution in [0.15, 0.2) is 48.5 Å². The fourth-order valence-electron chi connectivity index (χ4n) is 4.95. The summed E-state index contributed by atoms with van der Waals surface area (Å²) >= 11 is 0. The lowest BCUT2D eigenvalue weighted by molar-refractivity contribution is -0.134. The summed E-state index contributed by atoms with van der Waals surface area (Å²) in [5.74, 6) is 0.430. The minimum Gasteiger partial charge on any atom is -0.395 e. The van der Waals surface area contributed by atoms with Crippen LogP contribution in [0.2, 0.25) is 0 Å². The van der Waals surface area contributed by atoms with Crippen LogP contribution in [0.4, 0.5) is 0 Å². The number of carbonyl (C=O) groups is 1. The second-order valence-electron chi connectivity index (χ2n) is 8.24. The molecular formula is C24H30N2O2. The number of carbonyl (C=O) groups excluding carboxylic acids is 1. The van der Waals surface area contributed by atoms with Gasteiger partial charge in [0.1, 0.15) is 0 Å². The van der Waals surface area contributed by atoms with Crippen LogP contribution in [0.25, 0.3) is 11.1 Å². The lowest BCUT2D eigenvalue weighted by Crippen LogP contribution is -2.67. The molecule has 2 aromatic carbocycles. The summed E-state index contributed by atoms with van der Waals surface area (Å²) in [5, 5.41) is 10.0. The summed E-state index contributed by atoms with van der Waals surface area (Å²) in [6, 6.07) is 17.8. The Morgan fingerprint density at radius 2 is 1.82 bits per heavy atom. The van der Waals surface area contributed by atoms with E-state index in [0.29, 0.717) is 6.04 Å². The predicted molar refractivity (Wildman–Crippen MR) is 112 cm³/mol. The van der Waals surface area contributed by atoms with Gasteiger partial charge in [-0.1, -0.05) is 54.1 Å². The second kappa shape index (κ2) is 8.06. The van der Waals surface area contributed by atoms with Crippen LogP contribution < -0.4 is 0 Å². The van der Waals surface area contributed by atoms with E-state index in [2.05, 4.69) is 60.4 Å².